The van der Waals surface area contributed by atoms with Gasteiger partial charge in [0.05, 0.1) is 12.7 Å². The number of esters is 1. The average molecular weight is 197 g/mol. The molecule has 4 heteroatoms. The van der Waals surface area contributed by atoms with E-state index in [-0.39, 0.29) is 5.56 Å². The Hall–Kier alpha value is -1.58. The van der Waals surface area contributed by atoms with E-state index in [9.17, 15) is 9.18 Å². The van der Waals surface area contributed by atoms with E-state index in [4.69, 9.17) is 5.73 Å². The van der Waals surface area contributed by atoms with Crippen LogP contribution in [0.4, 0.5) is 10.1 Å². The summed E-state index contributed by atoms with van der Waals surface area (Å²) < 4.78 is 18.0. The molecule has 0 aromatic heterocycles. The Labute approximate surface area is 81.7 Å². The molecule has 0 heterocycles. The first-order valence-corrected chi connectivity index (χ1v) is 4.27. The van der Waals surface area contributed by atoms with Gasteiger partial charge < -0.3 is 10.5 Å². The fraction of sp³-hybridized carbons (Fsp3) is 0.300. The number of anilines is 1. The third-order valence-corrected chi connectivity index (χ3v) is 2.04. The van der Waals surface area contributed by atoms with Crippen LogP contribution in [0.15, 0.2) is 12.1 Å². The van der Waals surface area contributed by atoms with E-state index in [1.54, 1.807) is 6.92 Å². The fourth-order valence-electron chi connectivity index (χ4n) is 1.26. The zero-order valence-corrected chi connectivity index (χ0v) is 8.13. The maximum Gasteiger partial charge on any atom is 0.340 e. The molecule has 0 unspecified atom stereocenters. The number of rotatable bonds is 2. The number of nitrogen functional groups attached to an aromatic ring is 1. The van der Waals surface area contributed by atoms with Crippen molar-refractivity contribution in [1.29, 1.82) is 0 Å². The first-order chi connectivity index (χ1) is 6.61. The van der Waals surface area contributed by atoms with E-state index in [0.717, 1.165) is 0 Å². The molecule has 1 rings (SSSR count). The summed E-state index contributed by atoms with van der Waals surface area (Å²) in [7, 11) is 1.21. The standard InChI is InChI=1S/C10H12FNO2/c1-3-6-8(12)5-4-7(9(6)11)10(13)14-2/h4-5H,3,12H2,1-2H3. The molecular formula is C10H12FNO2. The first kappa shape index (κ1) is 10.5. The number of methoxy groups -OCH3 is 1. The lowest BCUT2D eigenvalue weighted by atomic mass is 10.1. The molecular weight excluding hydrogens is 185 g/mol. The summed E-state index contributed by atoms with van der Waals surface area (Å²) in [5, 5.41) is 0. The minimum absolute atomic E-state index is 0.0708. The minimum atomic E-state index is -0.683. The number of carbonyl (C=O) groups excluding carboxylic acids is 1. The summed E-state index contributed by atoms with van der Waals surface area (Å²) in [6.45, 7) is 1.77. The first-order valence-electron chi connectivity index (χ1n) is 4.27. The van der Waals surface area contributed by atoms with Gasteiger partial charge in [0.2, 0.25) is 0 Å². The Kier molecular flexibility index (Phi) is 3.06. The van der Waals surface area contributed by atoms with Gasteiger partial charge >= 0.3 is 5.97 Å². The van der Waals surface area contributed by atoms with Crippen LogP contribution in [0.5, 0.6) is 0 Å². The van der Waals surface area contributed by atoms with Crippen LogP contribution in [0.1, 0.15) is 22.8 Å². The normalized spacial score (nSPS) is 9.93. The van der Waals surface area contributed by atoms with Crippen molar-refractivity contribution in [3.8, 4) is 0 Å². The third-order valence-electron chi connectivity index (χ3n) is 2.04. The van der Waals surface area contributed by atoms with Gasteiger partial charge in [-0.25, -0.2) is 9.18 Å². The van der Waals surface area contributed by atoms with Crippen LogP contribution in [0.2, 0.25) is 0 Å². The summed E-state index contributed by atoms with van der Waals surface area (Å²) in [6, 6.07) is 2.84. The van der Waals surface area contributed by atoms with Crippen molar-refractivity contribution in [2.24, 2.45) is 0 Å². The molecule has 0 aliphatic rings. The monoisotopic (exact) mass is 197 g/mol. The van der Waals surface area contributed by atoms with Gasteiger partial charge in [-0.3, -0.25) is 0 Å². The van der Waals surface area contributed by atoms with Crippen molar-refractivity contribution in [1.82, 2.24) is 0 Å². The van der Waals surface area contributed by atoms with Crippen LogP contribution < -0.4 is 5.73 Å². The maximum atomic E-state index is 13.6. The highest BCUT2D eigenvalue weighted by Crippen LogP contribution is 2.20. The lowest BCUT2D eigenvalue weighted by Crippen LogP contribution is -2.08. The van der Waals surface area contributed by atoms with Gasteiger partial charge in [0, 0.05) is 11.3 Å². The van der Waals surface area contributed by atoms with E-state index in [1.165, 1.54) is 19.2 Å². The van der Waals surface area contributed by atoms with Crippen molar-refractivity contribution in [3.05, 3.63) is 29.1 Å². The zero-order chi connectivity index (χ0) is 10.7. The molecule has 0 bridgehead atoms. The number of benzene rings is 1. The molecule has 76 valence electrons. The number of halogens is 1. The molecule has 0 spiro atoms. The van der Waals surface area contributed by atoms with Crippen LogP contribution >= 0.6 is 0 Å². The van der Waals surface area contributed by atoms with Crippen molar-refractivity contribution in [3.63, 3.8) is 0 Å². The SMILES string of the molecule is CCc1c(N)ccc(C(=O)OC)c1F. The Morgan fingerprint density at radius 3 is 2.71 bits per heavy atom. The van der Waals surface area contributed by atoms with Crippen molar-refractivity contribution >= 4 is 11.7 Å². The van der Waals surface area contributed by atoms with E-state index in [0.29, 0.717) is 17.7 Å². The van der Waals surface area contributed by atoms with E-state index >= 15 is 0 Å². The number of hydrogen-bond acceptors (Lipinski definition) is 3. The summed E-state index contributed by atoms with van der Waals surface area (Å²) >= 11 is 0. The largest absolute Gasteiger partial charge is 0.465 e. The summed E-state index contributed by atoms with van der Waals surface area (Å²) in [4.78, 5) is 11.1. The molecule has 0 saturated heterocycles. The zero-order valence-electron chi connectivity index (χ0n) is 8.13. The smallest absolute Gasteiger partial charge is 0.340 e. The van der Waals surface area contributed by atoms with Crippen molar-refractivity contribution < 1.29 is 13.9 Å². The van der Waals surface area contributed by atoms with Gasteiger partial charge in [-0.2, -0.15) is 0 Å². The maximum absolute atomic E-state index is 13.6. The number of ether oxygens (including phenoxy) is 1. The lowest BCUT2D eigenvalue weighted by Gasteiger charge is -2.07. The van der Waals surface area contributed by atoms with Gasteiger partial charge in [-0.1, -0.05) is 6.92 Å². The van der Waals surface area contributed by atoms with Gasteiger partial charge in [-0.15, -0.1) is 0 Å². The lowest BCUT2D eigenvalue weighted by molar-refractivity contribution is 0.0595. The molecule has 0 aliphatic carbocycles. The highest BCUT2D eigenvalue weighted by Gasteiger charge is 2.16. The molecule has 14 heavy (non-hydrogen) atoms. The van der Waals surface area contributed by atoms with Gasteiger partial charge in [0.1, 0.15) is 5.82 Å². The van der Waals surface area contributed by atoms with Gasteiger partial charge in [0.25, 0.3) is 0 Å². The Morgan fingerprint density at radius 1 is 1.57 bits per heavy atom. The number of nitrogens with two attached hydrogens (primary N) is 1. The van der Waals surface area contributed by atoms with Gasteiger partial charge in [0.15, 0.2) is 0 Å². The Balaban J connectivity index is 3.28. The molecule has 1 aromatic rings. The molecule has 1 aromatic carbocycles. The highest BCUT2D eigenvalue weighted by molar-refractivity contribution is 5.90. The highest BCUT2D eigenvalue weighted by atomic mass is 19.1. The quantitative estimate of drug-likeness (QED) is 0.580. The van der Waals surface area contributed by atoms with Crippen molar-refractivity contribution in [2.75, 3.05) is 12.8 Å². The average Bonchev–Trinajstić information content (AvgIpc) is 2.18. The molecule has 2 N–H and O–H groups in total. The molecule has 0 fully saturated rings. The number of hydrogen-bond donors (Lipinski definition) is 1. The predicted molar refractivity (Wildman–Crippen MR) is 51.5 cm³/mol. The molecule has 0 saturated carbocycles. The fourth-order valence-corrected chi connectivity index (χ4v) is 1.26. The summed E-state index contributed by atoms with van der Waals surface area (Å²) in [5.41, 5.74) is 6.19. The molecule has 0 aliphatic heterocycles. The topological polar surface area (TPSA) is 52.3 Å². The minimum Gasteiger partial charge on any atom is -0.465 e. The van der Waals surface area contributed by atoms with Crippen LogP contribution in [-0.4, -0.2) is 13.1 Å². The molecule has 0 radical (unpaired) electrons. The van der Waals surface area contributed by atoms with Gasteiger partial charge in [-0.05, 0) is 18.6 Å². The summed E-state index contributed by atoms with van der Waals surface area (Å²) in [6.07, 6.45) is 0.447. The molecule has 3 nitrogen and oxygen atoms in total. The second-order valence-electron chi connectivity index (χ2n) is 2.84. The van der Waals surface area contributed by atoms with Crippen LogP contribution in [-0.2, 0) is 11.2 Å². The van der Waals surface area contributed by atoms with Crippen LogP contribution in [0.25, 0.3) is 0 Å². The van der Waals surface area contributed by atoms with Crippen LogP contribution in [0.3, 0.4) is 0 Å². The van der Waals surface area contributed by atoms with E-state index < -0.39 is 11.8 Å². The molecule has 0 amide bonds. The Morgan fingerprint density at radius 2 is 2.21 bits per heavy atom. The molecule has 0 atom stereocenters. The third kappa shape index (κ3) is 1.69. The van der Waals surface area contributed by atoms with E-state index in [1.807, 2.05) is 0 Å². The number of carbonyl (C=O) groups is 1. The summed E-state index contributed by atoms with van der Waals surface area (Å²) in [5.74, 6) is -1.27. The van der Waals surface area contributed by atoms with Crippen LogP contribution in [0, 0.1) is 5.82 Å². The Bertz CT molecular complexity index is 363. The predicted octanol–water partition coefficient (Wildman–Crippen LogP) is 1.76. The van der Waals surface area contributed by atoms with Crippen molar-refractivity contribution in [2.45, 2.75) is 13.3 Å². The second-order valence-corrected chi connectivity index (χ2v) is 2.84. The van der Waals surface area contributed by atoms with E-state index in [2.05, 4.69) is 4.74 Å². The second kappa shape index (κ2) is 4.09.